The van der Waals surface area contributed by atoms with Gasteiger partial charge in [0, 0.05) is 27.7 Å². The summed E-state index contributed by atoms with van der Waals surface area (Å²) in [5.74, 6) is 0.351. The first kappa shape index (κ1) is 13.7. The van der Waals surface area contributed by atoms with E-state index >= 15 is 0 Å². The average Bonchev–Trinajstić information content (AvgIpc) is 2.64. The summed E-state index contributed by atoms with van der Waals surface area (Å²) in [5.41, 5.74) is 5.46. The van der Waals surface area contributed by atoms with Crippen LogP contribution in [0.25, 0.3) is 0 Å². The Bertz CT molecular complexity index is 340. The van der Waals surface area contributed by atoms with E-state index in [0.29, 0.717) is 19.5 Å². The van der Waals surface area contributed by atoms with Crippen LogP contribution in [0.2, 0.25) is 0 Å². The van der Waals surface area contributed by atoms with Crippen molar-refractivity contribution in [1.82, 2.24) is 5.32 Å². The van der Waals surface area contributed by atoms with Gasteiger partial charge in [-0.05, 0) is 40.9 Å². The smallest absolute Gasteiger partial charge is 0.220 e. The van der Waals surface area contributed by atoms with E-state index in [2.05, 4.69) is 27.3 Å². The molecule has 1 aromatic rings. The van der Waals surface area contributed by atoms with Gasteiger partial charge in [0.2, 0.25) is 5.91 Å². The van der Waals surface area contributed by atoms with Crippen LogP contribution in [-0.2, 0) is 11.2 Å². The minimum absolute atomic E-state index is 0.0913. The third-order valence-electron chi connectivity index (χ3n) is 2.25. The Morgan fingerprint density at radius 2 is 2.44 bits per heavy atom. The minimum Gasteiger partial charge on any atom is -0.356 e. The van der Waals surface area contributed by atoms with Gasteiger partial charge in [-0.3, -0.25) is 4.79 Å². The van der Waals surface area contributed by atoms with Crippen molar-refractivity contribution < 1.29 is 4.79 Å². The molecule has 1 atom stereocenters. The monoisotopic (exact) mass is 304 g/mol. The molecular weight excluding hydrogens is 288 g/mol. The molecule has 0 spiro atoms. The van der Waals surface area contributed by atoms with Crippen LogP contribution in [0.3, 0.4) is 0 Å². The molecule has 0 saturated carbocycles. The third kappa shape index (κ3) is 5.09. The molecule has 1 heterocycles. The zero-order valence-electron chi connectivity index (χ0n) is 9.33. The second-order valence-electron chi connectivity index (χ2n) is 3.88. The van der Waals surface area contributed by atoms with E-state index in [1.807, 2.05) is 12.3 Å². The molecule has 90 valence electrons. The topological polar surface area (TPSA) is 55.1 Å². The molecule has 1 amide bonds. The molecule has 1 rings (SSSR count). The van der Waals surface area contributed by atoms with Crippen molar-refractivity contribution in [2.24, 2.45) is 11.7 Å². The van der Waals surface area contributed by atoms with Gasteiger partial charge in [-0.15, -0.1) is 11.3 Å². The maximum atomic E-state index is 11.4. The maximum absolute atomic E-state index is 11.4. The number of thiophene rings is 1. The summed E-state index contributed by atoms with van der Waals surface area (Å²) < 4.78 is 1.11. The molecule has 0 aromatic carbocycles. The molecule has 0 radical (unpaired) electrons. The maximum Gasteiger partial charge on any atom is 0.220 e. The zero-order chi connectivity index (χ0) is 12.0. The first-order valence-electron chi connectivity index (χ1n) is 5.31. The number of carbonyl (C=O) groups is 1. The second kappa shape index (κ2) is 7.04. The van der Waals surface area contributed by atoms with Crippen molar-refractivity contribution in [3.05, 3.63) is 20.8 Å². The predicted octanol–water partition coefficient (Wildman–Crippen LogP) is 2.15. The van der Waals surface area contributed by atoms with E-state index in [1.54, 1.807) is 11.3 Å². The number of nitrogens with two attached hydrogens (primary N) is 1. The molecule has 3 N–H and O–H groups in total. The van der Waals surface area contributed by atoms with E-state index in [1.165, 1.54) is 4.88 Å². The first-order valence-corrected chi connectivity index (χ1v) is 6.98. The number of hydrogen-bond donors (Lipinski definition) is 2. The fourth-order valence-electron chi connectivity index (χ4n) is 1.28. The van der Waals surface area contributed by atoms with Crippen molar-refractivity contribution in [2.45, 2.75) is 19.8 Å². The fourth-order valence-corrected chi connectivity index (χ4v) is 2.74. The Morgan fingerprint density at radius 3 is 3.00 bits per heavy atom. The molecule has 1 unspecified atom stereocenters. The van der Waals surface area contributed by atoms with E-state index in [4.69, 9.17) is 5.73 Å². The summed E-state index contributed by atoms with van der Waals surface area (Å²) in [6, 6.07) is 2.08. The molecule has 0 aliphatic heterocycles. The van der Waals surface area contributed by atoms with Crippen molar-refractivity contribution in [3.63, 3.8) is 0 Å². The molecule has 5 heteroatoms. The SMILES string of the molecule is CC(CN)CC(=O)NCCc1cc(Br)cs1. The molecule has 3 nitrogen and oxygen atoms in total. The lowest BCUT2D eigenvalue weighted by atomic mass is 10.1. The second-order valence-corrected chi connectivity index (χ2v) is 5.79. The van der Waals surface area contributed by atoms with Crippen LogP contribution in [0.5, 0.6) is 0 Å². The quantitative estimate of drug-likeness (QED) is 0.846. The van der Waals surface area contributed by atoms with Crippen LogP contribution in [0.15, 0.2) is 15.9 Å². The lowest BCUT2D eigenvalue weighted by Crippen LogP contribution is -2.28. The zero-order valence-corrected chi connectivity index (χ0v) is 11.7. The highest BCUT2D eigenvalue weighted by Gasteiger charge is 2.06. The summed E-state index contributed by atoms with van der Waals surface area (Å²) in [6.45, 7) is 3.24. The van der Waals surface area contributed by atoms with E-state index < -0.39 is 0 Å². The lowest BCUT2D eigenvalue weighted by molar-refractivity contribution is -0.121. The number of nitrogens with one attached hydrogen (secondary N) is 1. The largest absolute Gasteiger partial charge is 0.356 e. The summed E-state index contributed by atoms with van der Waals surface area (Å²) in [7, 11) is 0. The average molecular weight is 305 g/mol. The van der Waals surface area contributed by atoms with Gasteiger partial charge in [-0.2, -0.15) is 0 Å². The van der Waals surface area contributed by atoms with E-state index in [-0.39, 0.29) is 11.8 Å². The summed E-state index contributed by atoms with van der Waals surface area (Å²) in [4.78, 5) is 12.7. The molecular formula is C11H17BrN2OS. The summed E-state index contributed by atoms with van der Waals surface area (Å²) >= 11 is 5.11. The van der Waals surface area contributed by atoms with E-state index in [0.717, 1.165) is 10.9 Å². The van der Waals surface area contributed by atoms with Crippen LogP contribution in [0, 0.1) is 5.92 Å². The minimum atomic E-state index is 0.0913. The molecule has 0 aliphatic rings. The Labute approximate surface area is 109 Å². The molecule has 0 aliphatic carbocycles. The van der Waals surface area contributed by atoms with Gasteiger partial charge in [0.25, 0.3) is 0 Å². The van der Waals surface area contributed by atoms with E-state index in [9.17, 15) is 4.79 Å². The Balaban J connectivity index is 2.18. The van der Waals surface area contributed by atoms with Gasteiger partial charge in [-0.25, -0.2) is 0 Å². The highest BCUT2D eigenvalue weighted by molar-refractivity contribution is 9.10. The van der Waals surface area contributed by atoms with Crippen LogP contribution in [0.1, 0.15) is 18.2 Å². The molecule has 0 bridgehead atoms. The molecule has 1 aromatic heterocycles. The molecule has 0 fully saturated rings. The molecule has 0 saturated heterocycles. The Morgan fingerprint density at radius 1 is 1.69 bits per heavy atom. The third-order valence-corrected chi connectivity index (χ3v) is 4.01. The van der Waals surface area contributed by atoms with Crippen LogP contribution in [-0.4, -0.2) is 19.0 Å². The summed E-state index contributed by atoms with van der Waals surface area (Å²) in [6.07, 6.45) is 1.41. The van der Waals surface area contributed by atoms with Gasteiger partial charge in [0.05, 0.1) is 0 Å². The van der Waals surface area contributed by atoms with Gasteiger partial charge >= 0.3 is 0 Å². The Hall–Kier alpha value is -0.390. The van der Waals surface area contributed by atoms with Crippen molar-refractivity contribution in [1.29, 1.82) is 0 Å². The van der Waals surface area contributed by atoms with Crippen LogP contribution in [0.4, 0.5) is 0 Å². The first-order chi connectivity index (χ1) is 7.61. The number of hydrogen-bond acceptors (Lipinski definition) is 3. The Kier molecular flexibility index (Phi) is 6.01. The van der Waals surface area contributed by atoms with Crippen molar-refractivity contribution >= 4 is 33.2 Å². The highest BCUT2D eigenvalue weighted by atomic mass is 79.9. The number of rotatable bonds is 6. The fraction of sp³-hybridized carbons (Fsp3) is 0.545. The number of amides is 1. The molecule has 16 heavy (non-hydrogen) atoms. The predicted molar refractivity (Wildman–Crippen MR) is 71.6 cm³/mol. The summed E-state index contributed by atoms with van der Waals surface area (Å²) in [5, 5.41) is 4.95. The number of carbonyl (C=O) groups excluding carboxylic acids is 1. The van der Waals surface area contributed by atoms with Gasteiger partial charge in [0.1, 0.15) is 0 Å². The highest BCUT2D eigenvalue weighted by Crippen LogP contribution is 2.19. The van der Waals surface area contributed by atoms with Gasteiger partial charge in [-0.1, -0.05) is 6.92 Å². The normalized spacial score (nSPS) is 12.4. The van der Waals surface area contributed by atoms with Crippen LogP contribution < -0.4 is 11.1 Å². The van der Waals surface area contributed by atoms with Gasteiger partial charge < -0.3 is 11.1 Å². The lowest BCUT2D eigenvalue weighted by Gasteiger charge is -2.08. The van der Waals surface area contributed by atoms with Crippen LogP contribution >= 0.6 is 27.3 Å². The van der Waals surface area contributed by atoms with Crippen molar-refractivity contribution in [3.8, 4) is 0 Å². The van der Waals surface area contributed by atoms with Gasteiger partial charge in [0.15, 0.2) is 0 Å². The number of halogens is 1. The standard InChI is InChI=1S/C11H17BrN2OS/c1-8(6-13)4-11(15)14-3-2-10-5-9(12)7-16-10/h5,7-8H,2-4,6,13H2,1H3,(H,14,15). The van der Waals surface area contributed by atoms with Crippen molar-refractivity contribution in [2.75, 3.05) is 13.1 Å².